The number of alkyl halides is 6. The van der Waals surface area contributed by atoms with Gasteiger partial charge in [0.2, 0.25) is 0 Å². The van der Waals surface area contributed by atoms with Gasteiger partial charge in [0.1, 0.15) is 0 Å². The van der Waals surface area contributed by atoms with Crippen molar-refractivity contribution in [3.05, 3.63) is 95.6 Å². The Balaban J connectivity index is 1.97. The van der Waals surface area contributed by atoms with Gasteiger partial charge in [-0.1, -0.05) is 80.9 Å². The molecule has 0 saturated carbocycles. The zero-order valence-electron chi connectivity index (χ0n) is 19.7. The monoisotopic (exact) mass is 525 g/mol. The van der Waals surface area contributed by atoms with Crippen molar-refractivity contribution >= 4 is 24.4 Å². The molecule has 1 amide bonds. The van der Waals surface area contributed by atoms with Crippen LogP contribution in [0.25, 0.3) is 0 Å². The first-order chi connectivity index (χ1) is 16.9. The average molecular weight is 525 g/mol. The van der Waals surface area contributed by atoms with Crippen molar-refractivity contribution in [2.24, 2.45) is 5.92 Å². The van der Waals surface area contributed by atoms with Crippen molar-refractivity contribution in [2.45, 2.75) is 38.7 Å². The molecule has 3 aromatic carbocycles. The van der Waals surface area contributed by atoms with E-state index in [1.54, 1.807) is 0 Å². The lowest BCUT2D eigenvalue weighted by Crippen LogP contribution is -2.43. The molecule has 0 aliphatic carbocycles. The zero-order valence-corrected chi connectivity index (χ0v) is 20.6. The van der Waals surface area contributed by atoms with Crippen molar-refractivity contribution in [2.75, 3.05) is 6.16 Å². The summed E-state index contributed by atoms with van der Waals surface area (Å²) in [5.74, 6) is -1.03. The van der Waals surface area contributed by atoms with Crippen LogP contribution in [0.15, 0.2) is 78.9 Å². The number of amides is 1. The van der Waals surface area contributed by atoms with Gasteiger partial charge in [-0.25, -0.2) is 0 Å². The molecule has 0 spiro atoms. The van der Waals surface area contributed by atoms with E-state index in [-0.39, 0.29) is 12.0 Å². The van der Waals surface area contributed by atoms with Gasteiger partial charge in [0.25, 0.3) is 5.91 Å². The van der Waals surface area contributed by atoms with E-state index in [4.69, 9.17) is 0 Å². The largest absolute Gasteiger partial charge is 0.416 e. The van der Waals surface area contributed by atoms with Gasteiger partial charge in [-0.05, 0) is 48.8 Å². The molecule has 36 heavy (non-hydrogen) atoms. The fourth-order valence-corrected chi connectivity index (χ4v) is 6.39. The molecule has 3 aromatic rings. The lowest BCUT2D eigenvalue weighted by atomic mass is 9.99. The Morgan fingerprint density at radius 2 is 1.25 bits per heavy atom. The van der Waals surface area contributed by atoms with Crippen LogP contribution in [-0.2, 0) is 12.4 Å². The van der Waals surface area contributed by atoms with Crippen LogP contribution < -0.4 is 15.9 Å². The van der Waals surface area contributed by atoms with Gasteiger partial charge >= 0.3 is 12.4 Å². The maximum atomic E-state index is 13.3. The molecule has 2 atom stereocenters. The summed E-state index contributed by atoms with van der Waals surface area (Å²) in [6.07, 6.45) is -8.91. The lowest BCUT2D eigenvalue weighted by Gasteiger charge is -2.30. The van der Waals surface area contributed by atoms with Gasteiger partial charge in [-0.2, -0.15) is 26.3 Å². The molecule has 2 unspecified atom stereocenters. The smallest absolute Gasteiger partial charge is 0.349 e. The van der Waals surface area contributed by atoms with Crippen LogP contribution in [0.3, 0.4) is 0 Å². The van der Waals surface area contributed by atoms with E-state index < -0.39 is 48.9 Å². The second kappa shape index (κ2) is 11.5. The quantitative estimate of drug-likeness (QED) is 0.249. The third-order valence-corrected chi connectivity index (χ3v) is 8.61. The number of carbonyl (C=O) groups excluding carboxylic acids is 1. The van der Waals surface area contributed by atoms with Gasteiger partial charge in [-0.15, -0.1) is 0 Å². The molecule has 0 aromatic heterocycles. The minimum Gasteiger partial charge on any atom is -0.349 e. The number of benzene rings is 3. The first-order valence-corrected chi connectivity index (χ1v) is 12.9. The predicted octanol–water partition coefficient (Wildman–Crippen LogP) is 7.00. The minimum atomic E-state index is -5.03. The SMILES string of the molecule is CCC(C)C(CP(c1ccccc1)c1ccccc1)NC(=O)c1cc(C(F)(F)F)cc(C(F)(F)F)c1. The molecule has 9 heteroatoms. The Morgan fingerprint density at radius 1 is 0.806 bits per heavy atom. The third kappa shape index (κ3) is 7.10. The predicted molar refractivity (Wildman–Crippen MR) is 131 cm³/mol. The molecule has 3 rings (SSSR count). The van der Waals surface area contributed by atoms with Crippen molar-refractivity contribution in [3.8, 4) is 0 Å². The maximum Gasteiger partial charge on any atom is 0.416 e. The molecule has 0 aliphatic heterocycles. The summed E-state index contributed by atoms with van der Waals surface area (Å²) in [6.45, 7) is 3.82. The van der Waals surface area contributed by atoms with E-state index in [1.807, 2.05) is 74.5 Å². The van der Waals surface area contributed by atoms with Crippen LogP contribution in [0.2, 0.25) is 0 Å². The second-order valence-corrected chi connectivity index (χ2v) is 10.8. The molecular weight excluding hydrogens is 499 g/mol. The zero-order chi connectivity index (χ0) is 26.5. The van der Waals surface area contributed by atoms with E-state index >= 15 is 0 Å². The normalized spacial score (nSPS) is 13.9. The molecule has 0 radical (unpaired) electrons. The summed E-state index contributed by atoms with van der Waals surface area (Å²) in [6, 6.07) is 19.8. The van der Waals surface area contributed by atoms with Gasteiger partial charge in [0.05, 0.1) is 11.1 Å². The van der Waals surface area contributed by atoms with Crippen LogP contribution in [-0.4, -0.2) is 18.1 Å². The number of carbonyl (C=O) groups is 1. The van der Waals surface area contributed by atoms with Crippen LogP contribution in [0.1, 0.15) is 41.8 Å². The van der Waals surface area contributed by atoms with Gasteiger partial charge in [0, 0.05) is 11.6 Å². The highest BCUT2D eigenvalue weighted by Gasteiger charge is 2.38. The van der Waals surface area contributed by atoms with E-state index in [9.17, 15) is 31.1 Å². The summed E-state index contributed by atoms with van der Waals surface area (Å²) in [5.41, 5.74) is -3.70. The van der Waals surface area contributed by atoms with E-state index in [2.05, 4.69) is 5.32 Å². The molecule has 192 valence electrons. The Kier molecular flexibility index (Phi) is 8.83. The number of halogens is 6. The first kappa shape index (κ1) is 27.7. The Bertz CT molecular complexity index is 1080. The average Bonchev–Trinajstić information content (AvgIpc) is 2.85. The van der Waals surface area contributed by atoms with Gasteiger partial charge in [0.15, 0.2) is 0 Å². The highest BCUT2D eigenvalue weighted by Crippen LogP contribution is 2.38. The molecule has 2 nitrogen and oxygen atoms in total. The van der Waals surface area contributed by atoms with Crippen LogP contribution >= 0.6 is 7.92 Å². The highest BCUT2D eigenvalue weighted by molar-refractivity contribution is 7.73. The Labute approximate surface area is 207 Å². The summed E-state index contributed by atoms with van der Waals surface area (Å²) >= 11 is 0. The van der Waals surface area contributed by atoms with Crippen LogP contribution in [0.4, 0.5) is 26.3 Å². The van der Waals surface area contributed by atoms with Gasteiger partial charge in [-0.3, -0.25) is 4.79 Å². The van der Waals surface area contributed by atoms with Gasteiger partial charge < -0.3 is 5.32 Å². The second-order valence-electron chi connectivity index (χ2n) is 8.54. The lowest BCUT2D eigenvalue weighted by molar-refractivity contribution is -0.143. The molecular formula is C27H26F6NOP. The molecule has 0 saturated heterocycles. The summed E-state index contributed by atoms with van der Waals surface area (Å²) in [4.78, 5) is 13.0. The Morgan fingerprint density at radius 3 is 1.64 bits per heavy atom. The highest BCUT2D eigenvalue weighted by atomic mass is 31.1. The van der Waals surface area contributed by atoms with Crippen LogP contribution in [0, 0.1) is 5.92 Å². The third-order valence-electron chi connectivity index (χ3n) is 6.01. The van der Waals surface area contributed by atoms with E-state index in [0.29, 0.717) is 24.7 Å². The first-order valence-electron chi connectivity index (χ1n) is 11.4. The number of hydrogen-bond acceptors (Lipinski definition) is 1. The standard InChI is InChI=1S/C27H26F6NOP/c1-3-18(2)24(17-36(22-10-6-4-7-11-22)23-12-8-5-9-13-23)34-25(35)19-14-20(26(28,29)30)16-21(15-19)27(31,32)33/h4-16,18,24H,3,17H2,1-2H3,(H,34,35). The van der Waals surface area contributed by atoms with Crippen molar-refractivity contribution in [1.82, 2.24) is 5.32 Å². The van der Waals surface area contributed by atoms with Crippen molar-refractivity contribution in [3.63, 3.8) is 0 Å². The topological polar surface area (TPSA) is 29.1 Å². The Hall–Kier alpha value is -2.86. The fraction of sp³-hybridized carbons (Fsp3) is 0.296. The molecule has 0 aliphatic rings. The van der Waals surface area contributed by atoms with Crippen molar-refractivity contribution in [1.29, 1.82) is 0 Å². The van der Waals surface area contributed by atoms with Crippen molar-refractivity contribution < 1.29 is 31.1 Å². The van der Waals surface area contributed by atoms with Crippen LogP contribution in [0.5, 0.6) is 0 Å². The molecule has 0 bridgehead atoms. The number of hydrogen-bond donors (Lipinski definition) is 1. The molecule has 0 heterocycles. The summed E-state index contributed by atoms with van der Waals surface area (Å²) in [5, 5.41) is 4.86. The van der Waals surface area contributed by atoms with E-state index in [1.165, 1.54) is 0 Å². The molecule has 1 N–H and O–H groups in total. The minimum absolute atomic E-state index is 0.0208. The molecule has 0 fully saturated rings. The summed E-state index contributed by atoms with van der Waals surface area (Å²) in [7, 11) is -0.952. The maximum absolute atomic E-state index is 13.3. The number of rotatable bonds is 8. The van der Waals surface area contributed by atoms with E-state index in [0.717, 1.165) is 10.6 Å². The summed E-state index contributed by atoms with van der Waals surface area (Å²) < 4.78 is 79.8. The number of nitrogens with one attached hydrogen (secondary N) is 1. The fourth-order valence-electron chi connectivity index (χ4n) is 3.76.